The van der Waals surface area contributed by atoms with Crippen LogP contribution in [0.2, 0.25) is 0 Å². The Morgan fingerprint density at radius 1 is 1.58 bits per heavy atom. The molecule has 1 fully saturated rings. The fourth-order valence-electron chi connectivity index (χ4n) is 2.57. The molecular formula is C13H19N5O. The maximum atomic E-state index is 5.87. The number of H-pyrrole nitrogens is 1. The molecule has 3 rings (SSSR count). The smallest absolute Gasteiger partial charge is 0.245 e. The van der Waals surface area contributed by atoms with Gasteiger partial charge in [0.25, 0.3) is 0 Å². The Kier molecular flexibility index (Phi) is 3.02. The normalized spacial score (nSPS) is 23.8. The number of hydrogen-bond donors (Lipinski definition) is 2. The predicted molar refractivity (Wildman–Crippen MR) is 72.7 cm³/mol. The molecule has 1 aliphatic rings. The Labute approximate surface area is 112 Å². The van der Waals surface area contributed by atoms with Crippen LogP contribution in [0.5, 0.6) is 0 Å². The van der Waals surface area contributed by atoms with Crippen molar-refractivity contribution in [1.29, 1.82) is 0 Å². The quantitative estimate of drug-likeness (QED) is 0.877. The zero-order valence-corrected chi connectivity index (χ0v) is 11.1. The highest BCUT2D eigenvalue weighted by Crippen LogP contribution is 2.30. The molecule has 0 saturated carbocycles. The molecule has 2 aromatic rings. The maximum absolute atomic E-state index is 5.87. The second-order valence-electron chi connectivity index (χ2n) is 5.50. The van der Waals surface area contributed by atoms with Gasteiger partial charge in [0.15, 0.2) is 11.6 Å². The predicted octanol–water partition coefficient (Wildman–Crippen LogP) is 1.63. The largest absolute Gasteiger partial charge is 0.461 e. The minimum atomic E-state index is 0.156. The van der Waals surface area contributed by atoms with Crippen molar-refractivity contribution in [2.45, 2.75) is 19.8 Å². The highest BCUT2D eigenvalue weighted by molar-refractivity contribution is 5.49. The molecule has 0 amide bonds. The Bertz CT molecular complexity index is 535. The van der Waals surface area contributed by atoms with Crippen LogP contribution in [-0.2, 0) is 0 Å². The zero-order valence-electron chi connectivity index (χ0n) is 11.1. The highest BCUT2D eigenvalue weighted by Gasteiger charge is 2.31. The summed E-state index contributed by atoms with van der Waals surface area (Å²) >= 11 is 0. The number of rotatable bonds is 3. The first-order valence-electron chi connectivity index (χ1n) is 6.61. The molecule has 6 heteroatoms. The molecule has 0 radical (unpaired) electrons. The number of furan rings is 1. The van der Waals surface area contributed by atoms with Gasteiger partial charge in [0.2, 0.25) is 5.95 Å². The lowest BCUT2D eigenvalue weighted by molar-refractivity contribution is 0.270. The van der Waals surface area contributed by atoms with Crippen molar-refractivity contribution in [3.8, 4) is 11.6 Å². The van der Waals surface area contributed by atoms with Crippen LogP contribution in [0.15, 0.2) is 22.8 Å². The van der Waals surface area contributed by atoms with E-state index in [1.807, 2.05) is 12.1 Å². The van der Waals surface area contributed by atoms with Crippen molar-refractivity contribution in [1.82, 2.24) is 15.2 Å². The van der Waals surface area contributed by atoms with Gasteiger partial charge in [-0.15, -0.1) is 5.10 Å². The second kappa shape index (κ2) is 4.70. The van der Waals surface area contributed by atoms with Gasteiger partial charge in [-0.2, -0.15) is 4.98 Å². The van der Waals surface area contributed by atoms with E-state index in [9.17, 15) is 0 Å². The highest BCUT2D eigenvalue weighted by atomic mass is 16.3. The second-order valence-corrected chi connectivity index (χ2v) is 5.50. The van der Waals surface area contributed by atoms with Gasteiger partial charge < -0.3 is 15.1 Å². The Morgan fingerprint density at radius 2 is 2.47 bits per heavy atom. The zero-order chi connectivity index (χ0) is 13.3. The molecule has 1 saturated heterocycles. The fraction of sp³-hybridized carbons (Fsp3) is 0.538. The van der Waals surface area contributed by atoms with Gasteiger partial charge in [0.05, 0.1) is 6.26 Å². The van der Waals surface area contributed by atoms with Crippen molar-refractivity contribution in [3.63, 3.8) is 0 Å². The lowest BCUT2D eigenvalue weighted by atomic mass is 9.82. The molecule has 3 heterocycles. The van der Waals surface area contributed by atoms with E-state index in [0.29, 0.717) is 18.1 Å². The summed E-state index contributed by atoms with van der Waals surface area (Å²) in [6.45, 7) is 4.79. The van der Waals surface area contributed by atoms with Crippen LogP contribution in [0.1, 0.15) is 19.8 Å². The molecule has 1 atom stereocenters. The third kappa shape index (κ3) is 2.35. The van der Waals surface area contributed by atoms with Crippen molar-refractivity contribution >= 4 is 5.95 Å². The molecule has 102 valence electrons. The summed E-state index contributed by atoms with van der Waals surface area (Å²) in [5.41, 5.74) is 6.03. The van der Waals surface area contributed by atoms with Crippen LogP contribution in [0, 0.1) is 5.41 Å². The molecule has 19 heavy (non-hydrogen) atoms. The van der Waals surface area contributed by atoms with Crippen LogP contribution >= 0.6 is 0 Å². The first-order chi connectivity index (χ1) is 9.20. The van der Waals surface area contributed by atoms with E-state index in [1.54, 1.807) is 6.26 Å². The lowest BCUT2D eigenvalue weighted by Crippen LogP contribution is -2.46. The molecular weight excluding hydrogens is 242 g/mol. The van der Waals surface area contributed by atoms with Crippen molar-refractivity contribution in [2.24, 2.45) is 11.1 Å². The Morgan fingerprint density at radius 3 is 3.21 bits per heavy atom. The van der Waals surface area contributed by atoms with Crippen molar-refractivity contribution in [2.75, 3.05) is 24.5 Å². The molecule has 0 aromatic carbocycles. The number of anilines is 1. The Hall–Kier alpha value is -1.82. The molecule has 0 aliphatic carbocycles. The lowest BCUT2D eigenvalue weighted by Gasteiger charge is -2.39. The average Bonchev–Trinajstić information content (AvgIpc) is 3.09. The molecule has 2 aromatic heterocycles. The van der Waals surface area contributed by atoms with E-state index in [1.165, 1.54) is 0 Å². The molecule has 0 bridgehead atoms. The first-order valence-corrected chi connectivity index (χ1v) is 6.61. The number of aromatic nitrogens is 3. The topological polar surface area (TPSA) is 84.0 Å². The van der Waals surface area contributed by atoms with E-state index in [-0.39, 0.29) is 5.41 Å². The van der Waals surface area contributed by atoms with E-state index in [2.05, 4.69) is 27.0 Å². The standard InChI is InChI=1S/C13H19N5O/c1-13(8-14)5-3-6-18(9-13)12-15-11(16-17-12)10-4-2-7-19-10/h2,4,7H,3,5-6,8-9,14H2,1H3,(H,15,16,17). The molecule has 1 unspecified atom stereocenters. The number of aromatic amines is 1. The number of nitrogens with two attached hydrogens (primary N) is 1. The molecule has 6 nitrogen and oxygen atoms in total. The van der Waals surface area contributed by atoms with Crippen LogP contribution in [-0.4, -0.2) is 34.8 Å². The van der Waals surface area contributed by atoms with Crippen LogP contribution in [0.4, 0.5) is 5.95 Å². The minimum absolute atomic E-state index is 0.156. The molecule has 0 spiro atoms. The van der Waals surface area contributed by atoms with Gasteiger partial charge in [-0.05, 0) is 36.9 Å². The summed E-state index contributed by atoms with van der Waals surface area (Å²) in [6.07, 6.45) is 3.91. The molecule has 3 N–H and O–H groups in total. The summed E-state index contributed by atoms with van der Waals surface area (Å²) in [5.74, 6) is 2.10. The molecule has 1 aliphatic heterocycles. The van der Waals surface area contributed by atoms with E-state index in [0.717, 1.165) is 31.9 Å². The monoisotopic (exact) mass is 261 g/mol. The van der Waals surface area contributed by atoms with Crippen molar-refractivity contribution in [3.05, 3.63) is 18.4 Å². The maximum Gasteiger partial charge on any atom is 0.245 e. The minimum Gasteiger partial charge on any atom is -0.461 e. The third-order valence-electron chi connectivity index (χ3n) is 3.78. The summed E-state index contributed by atoms with van der Waals surface area (Å²) in [6, 6.07) is 3.70. The van der Waals surface area contributed by atoms with E-state index in [4.69, 9.17) is 10.2 Å². The number of piperidine rings is 1. The number of hydrogen-bond acceptors (Lipinski definition) is 5. The van der Waals surface area contributed by atoms with Crippen molar-refractivity contribution < 1.29 is 4.42 Å². The summed E-state index contributed by atoms with van der Waals surface area (Å²) in [5, 5.41) is 7.21. The van der Waals surface area contributed by atoms with Crippen LogP contribution < -0.4 is 10.6 Å². The summed E-state index contributed by atoms with van der Waals surface area (Å²) in [7, 11) is 0. The third-order valence-corrected chi connectivity index (χ3v) is 3.78. The van der Waals surface area contributed by atoms with Gasteiger partial charge in [0.1, 0.15) is 0 Å². The SMILES string of the molecule is CC1(CN)CCCN(c2n[nH]c(-c3ccco3)n2)C1. The first kappa shape index (κ1) is 12.2. The van der Waals surface area contributed by atoms with Crippen LogP contribution in [0.3, 0.4) is 0 Å². The average molecular weight is 261 g/mol. The van der Waals surface area contributed by atoms with Gasteiger partial charge in [-0.25, -0.2) is 0 Å². The van der Waals surface area contributed by atoms with Crippen LogP contribution in [0.25, 0.3) is 11.6 Å². The Balaban J connectivity index is 1.79. The summed E-state index contributed by atoms with van der Waals surface area (Å²) < 4.78 is 5.31. The van der Waals surface area contributed by atoms with Gasteiger partial charge in [-0.3, -0.25) is 5.10 Å². The van der Waals surface area contributed by atoms with Gasteiger partial charge in [-0.1, -0.05) is 6.92 Å². The van der Waals surface area contributed by atoms with E-state index < -0.39 is 0 Å². The van der Waals surface area contributed by atoms with Gasteiger partial charge >= 0.3 is 0 Å². The summed E-state index contributed by atoms with van der Waals surface area (Å²) in [4.78, 5) is 6.69. The number of nitrogens with zero attached hydrogens (tertiary/aromatic N) is 3. The van der Waals surface area contributed by atoms with E-state index >= 15 is 0 Å². The fourth-order valence-corrected chi connectivity index (χ4v) is 2.57. The van der Waals surface area contributed by atoms with Gasteiger partial charge in [0, 0.05) is 13.1 Å². The number of nitrogens with one attached hydrogen (secondary N) is 1.